The first-order valence-electron chi connectivity index (χ1n) is 8.41. The number of halogens is 1. The third-order valence-corrected chi connectivity index (χ3v) is 5.18. The summed E-state index contributed by atoms with van der Waals surface area (Å²) >= 11 is 1.33. The molecular weight excluding hydrogens is 369 g/mol. The summed E-state index contributed by atoms with van der Waals surface area (Å²) < 4.78 is 13.0. The van der Waals surface area contributed by atoms with E-state index in [0.717, 1.165) is 12.1 Å². The first-order valence-corrected chi connectivity index (χ1v) is 9.29. The molecular formula is C18H16FN5O2S. The number of carbonyl (C=O) groups excluding carboxylic acids is 2. The number of aromatic amines is 1. The molecule has 1 aliphatic heterocycles. The maximum atomic E-state index is 13.0. The second kappa shape index (κ2) is 7.28. The van der Waals surface area contributed by atoms with Gasteiger partial charge in [0.1, 0.15) is 5.82 Å². The highest BCUT2D eigenvalue weighted by molar-refractivity contribution is 7.13. The van der Waals surface area contributed by atoms with Gasteiger partial charge in [-0.15, -0.1) is 11.3 Å². The number of likely N-dealkylation sites (tertiary alicyclic amines) is 1. The highest BCUT2D eigenvalue weighted by Crippen LogP contribution is 2.27. The van der Waals surface area contributed by atoms with Gasteiger partial charge in [0, 0.05) is 41.8 Å². The van der Waals surface area contributed by atoms with Gasteiger partial charge in [-0.1, -0.05) is 0 Å². The minimum absolute atomic E-state index is 0.0725. The molecule has 0 unspecified atom stereocenters. The zero-order valence-electron chi connectivity index (χ0n) is 14.2. The third kappa shape index (κ3) is 3.72. The van der Waals surface area contributed by atoms with Crippen molar-refractivity contribution in [3.05, 3.63) is 64.7 Å². The molecule has 0 radical (unpaired) electrons. The molecule has 2 N–H and O–H groups in total. The standard InChI is InChI=1S/C18H16FN5O2S/c19-13-3-1-11(2-4-13)17(26)24-7-5-12(10-24)14-9-15(23-22-14)16(25)21-18-20-6-8-27-18/h1-4,6,8-9,12H,5,7,10H2,(H,22,23)(H,20,21,25)/t12-/m1/s1. The molecule has 1 aromatic carbocycles. The molecule has 0 bridgehead atoms. The van der Waals surface area contributed by atoms with Gasteiger partial charge in [-0.2, -0.15) is 5.10 Å². The average Bonchev–Trinajstić information content (AvgIpc) is 3.42. The Bertz CT molecular complexity index is 955. The predicted molar refractivity (Wildman–Crippen MR) is 98.3 cm³/mol. The van der Waals surface area contributed by atoms with E-state index < -0.39 is 0 Å². The Morgan fingerprint density at radius 1 is 1.30 bits per heavy atom. The largest absolute Gasteiger partial charge is 0.338 e. The van der Waals surface area contributed by atoms with Crippen molar-refractivity contribution in [3.63, 3.8) is 0 Å². The van der Waals surface area contributed by atoms with Crippen molar-refractivity contribution in [2.75, 3.05) is 18.4 Å². The van der Waals surface area contributed by atoms with Crippen LogP contribution in [0.2, 0.25) is 0 Å². The van der Waals surface area contributed by atoms with Crippen LogP contribution < -0.4 is 5.32 Å². The number of nitrogens with zero attached hydrogens (tertiary/aromatic N) is 3. The molecule has 1 atom stereocenters. The summed E-state index contributed by atoms with van der Waals surface area (Å²) in [6.07, 6.45) is 2.38. The van der Waals surface area contributed by atoms with Crippen LogP contribution in [0.5, 0.6) is 0 Å². The number of hydrogen-bond donors (Lipinski definition) is 2. The molecule has 3 heterocycles. The van der Waals surface area contributed by atoms with Crippen LogP contribution in [0, 0.1) is 5.82 Å². The minimum atomic E-state index is -0.369. The molecule has 1 fully saturated rings. The van der Waals surface area contributed by atoms with Crippen LogP contribution in [0.1, 0.15) is 38.9 Å². The number of amides is 2. The maximum absolute atomic E-state index is 13.0. The molecule has 0 saturated carbocycles. The van der Waals surface area contributed by atoms with Crippen molar-refractivity contribution in [1.29, 1.82) is 0 Å². The average molecular weight is 385 g/mol. The number of aromatic nitrogens is 3. The lowest BCUT2D eigenvalue weighted by molar-refractivity contribution is 0.0790. The van der Waals surface area contributed by atoms with E-state index in [4.69, 9.17) is 0 Å². The van der Waals surface area contributed by atoms with E-state index in [1.54, 1.807) is 22.5 Å². The highest BCUT2D eigenvalue weighted by Gasteiger charge is 2.29. The van der Waals surface area contributed by atoms with E-state index in [1.165, 1.54) is 35.6 Å². The SMILES string of the molecule is O=C(Nc1nccs1)c1cc([C@@H]2CCN(C(=O)c3ccc(F)cc3)C2)[nH]n1. The molecule has 27 heavy (non-hydrogen) atoms. The van der Waals surface area contributed by atoms with E-state index in [0.29, 0.717) is 23.8 Å². The van der Waals surface area contributed by atoms with Gasteiger partial charge in [-0.05, 0) is 36.8 Å². The summed E-state index contributed by atoms with van der Waals surface area (Å²) in [7, 11) is 0. The normalized spacial score (nSPS) is 16.5. The van der Waals surface area contributed by atoms with Gasteiger partial charge in [-0.25, -0.2) is 9.37 Å². The summed E-state index contributed by atoms with van der Waals surface area (Å²) in [5, 5.41) is 11.9. The van der Waals surface area contributed by atoms with Crippen molar-refractivity contribution in [2.45, 2.75) is 12.3 Å². The first-order chi connectivity index (χ1) is 13.1. The van der Waals surface area contributed by atoms with Crippen molar-refractivity contribution in [3.8, 4) is 0 Å². The fraction of sp³-hybridized carbons (Fsp3) is 0.222. The van der Waals surface area contributed by atoms with Crippen LogP contribution in [0.15, 0.2) is 41.9 Å². The second-order valence-electron chi connectivity index (χ2n) is 6.24. The Morgan fingerprint density at radius 3 is 2.85 bits per heavy atom. The number of carbonyl (C=O) groups is 2. The summed E-state index contributed by atoms with van der Waals surface area (Å²) in [5.74, 6) is -0.751. The fourth-order valence-corrected chi connectivity index (χ4v) is 3.61. The lowest BCUT2D eigenvalue weighted by atomic mass is 10.0. The highest BCUT2D eigenvalue weighted by atomic mass is 32.1. The number of thiazole rings is 1. The number of nitrogens with one attached hydrogen (secondary N) is 2. The second-order valence-corrected chi connectivity index (χ2v) is 7.14. The monoisotopic (exact) mass is 385 g/mol. The zero-order chi connectivity index (χ0) is 18.8. The Kier molecular flexibility index (Phi) is 4.68. The molecule has 2 amide bonds. The van der Waals surface area contributed by atoms with E-state index >= 15 is 0 Å². The van der Waals surface area contributed by atoms with Crippen molar-refractivity contribution in [2.24, 2.45) is 0 Å². The van der Waals surface area contributed by atoms with Gasteiger partial charge in [0.05, 0.1) is 0 Å². The summed E-state index contributed by atoms with van der Waals surface area (Å²) in [4.78, 5) is 30.5. The molecule has 1 saturated heterocycles. The smallest absolute Gasteiger partial charge is 0.277 e. The molecule has 3 aromatic rings. The molecule has 9 heteroatoms. The lowest BCUT2D eigenvalue weighted by Gasteiger charge is -2.16. The molecule has 2 aromatic heterocycles. The number of rotatable bonds is 4. The molecule has 1 aliphatic rings. The van der Waals surface area contributed by atoms with Crippen molar-refractivity contribution >= 4 is 28.3 Å². The lowest BCUT2D eigenvalue weighted by Crippen LogP contribution is -2.28. The number of H-pyrrole nitrogens is 1. The van der Waals surface area contributed by atoms with Crippen LogP contribution in [-0.4, -0.2) is 45.0 Å². The van der Waals surface area contributed by atoms with Gasteiger partial charge in [-0.3, -0.25) is 20.0 Å². The van der Waals surface area contributed by atoms with Gasteiger partial charge in [0.2, 0.25) is 0 Å². The summed E-state index contributed by atoms with van der Waals surface area (Å²) in [6.45, 7) is 1.12. The molecule has 0 aliphatic carbocycles. The molecule has 4 rings (SSSR count). The summed E-state index contributed by atoms with van der Waals surface area (Å²) in [6, 6.07) is 7.25. The molecule has 138 valence electrons. The Morgan fingerprint density at radius 2 is 2.11 bits per heavy atom. The van der Waals surface area contributed by atoms with Crippen LogP contribution in [0.3, 0.4) is 0 Å². The predicted octanol–water partition coefficient (Wildman–Crippen LogP) is 2.89. The Balaban J connectivity index is 1.40. The van der Waals surface area contributed by atoms with Gasteiger partial charge in [0.25, 0.3) is 11.8 Å². The molecule has 0 spiro atoms. The fourth-order valence-electron chi connectivity index (χ4n) is 3.08. The third-order valence-electron chi connectivity index (χ3n) is 4.49. The van der Waals surface area contributed by atoms with Gasteiger partial charge < -0.3 is 4.90 Å². The van der Waals surface area contributed by atoms with Crippen LogP contribution in [0.4, 0.5) is 9.52 Å². The zero-order valence-corrected chi connectivity index (χ0v) is 15.0. The van der Waals surface area contributed by atoms with E-state index in [1.807, 2.05) is 0 Å². The first kappa shape index (κ1) is 17.3. The minimum Gasteiger partial charge on any atom is -0.338 e. The number of benzene rings is 1. The molecule has 7 nitrogen and oxygen atoms in total. The Hall–Kier alpha value is -3.07. The van der Waals surface area contributed by atoms with E-state index in [2.05, 4.69) is 20.5 Å². The van der Waals surface area contributed by atoms with Gasteiger partial charge >= 0.3 is 0 Å². The summed E-state index contributed by atoms with van der Waals surface area (Å²) in [5.41, 5.74) is 1.56. The Labute approximate surface area is 158 Å². The van der Waals surface area contributed by atoms with E-state index in [9.17, 15) is 14.0 Å². The topological polar surface area (TPSA) is 91.0 Å². The van der Waals surface area contributed by atoms with Crippen LogP contribution in [0.25, 0.3) is 0 Å². The maximum Gasteiger partial charge on any atom is 0.277 e. The van der Waals surface area contributed by atoms with Crippen molar-refractivity contribution < 1.29 is 14.0 Å². The van der Waals surface area contributed by atoms with Crippen LogP contribution in [-0.2, 0) is 0 Å². The quantitative estimate of drug-likeness (QED) is 0.722. The van der Waals surface area contributed by atoms with Crippen molar-refractivity contribution in [1.82, 2.24) is 20.1 Å². The number of anilines is 1. The van der Waals surface area contributed by atoms with E-state index in [-0.39, 0.29) is 29.2 Å². The number of hydrogen-bond acceptors (Lipinski definition) is 5. The van der Waals surface area contributed by atoms with Crippen LogP contribution >= 0.6 is 11.3 Å². The van der Waals surface area contributed by atoms with Gasteiger partial charge in [0.15, 0.2) is 10.8 Å².